The first-order valence-corrected chi connectivity index (χ1v) is 7.10. The monoisotopic (exact) mass is 339 g/mol. The Balaban J connectivity index is 2.45. The highest BCUT2D eigenvalue weighted by Gasteiger charge is 2.40. The molecule has 1 aromatic carbocycles. The summed E-state index contributed by atoms with van der Waals surface area (Å²) in [5, 5.41) is 0.0231. The van der Waals surface area contributed by atoms with E-state index < -0.39 is 17.8 Å². The number of hydrogen-bond donors (Lipinski definition) is 0. The lowest BCUT2D eigenvalue weighted by Crippen LogP contribution is -2.29. The lowest BCUT2D eigenvalue weighted by atomic mass is 10.2. The van der Waals surface area contributed by atoms with Gasteiger partial charge in [-0.1, -0.05) is 18.2 Å². The molecule has 7 heteroatoms. The van der Waals surface area contributed by atoms with Crippen LogP contribution in [0.2, 0.25) is 5.02 Å². The molecule has 0 spiro atoms. The summed E-state index contributed by atoms with van der Waals surface area (Å²) in [5.74, 6) is -1.55. The minimum absolute atomic E-state index is 0.0231. The molecule has 0 unspecified atom stereocenters. The minimum atomic E-state index is -0.974. The number of carbonyl (C=O) groups is 2. The lowest BCUT2D eigenvalue weighted by molar-refractivity contribution is -0.114. The van der Waals surface area contributed by atoms with Crippen LogP contribution in [0.5, 0.6) is 5.75 Å². The maximum atomic E-state index is 14.2. The molecule has 2 amide bonds. The Bertz CT molecular complexity index is 738. The average Bonchev–Trinajstić information content (AvgIpc) is 2.74. The summed E-state index contributed by atoms with van der Waals surface area (Å²) in [4.78, 5) is 24.8. The van der Waals surface area contributed by atoms with Gasteiger partial charge >= 0.3 is 12.0 Å². The third kappa shape index (κ3) is 3.37. The van der Waals surface area contributed by atoms with Crippen LogP contribution in [-0.4, -0.2) is 18.6 Å². The van der Waals surface area contributed by atoms with Crippen LogP contribution >= 0.6 is 11.6 Å². The van der Waals surface area contributed by atoms with Crippen molar-refractivity contribution in [2.45, 2.75) is 20.8 Å². The van der Waals surface area contributed by atoms with E-state index in [0.717, 1.165) is 11.6 Å². The van der Waals surface area contributed by atoms with Gasteiger partial charge in [0.1, 0.15) is 18.2 Å². The van der Waals surface area contributed by atoms with Gasteiger partial charge in [0, 0.05) is 6.07 Å². The van der Waals surface area contributed by atoms with Crippen molar-refractivity contribution in [3.8, 4) is 5.75 Å². The fourth-order valence-corrected chi connectivity index (χ4v) is 2.09. The Hall–Kier alpha value is -2.34. The molecule has 5 nitrogen and oxygen atoms in total. The van der Waals surface area contributed by atoms with Crippen molar-refractivity contribution >= 4 is 29.3 Å². The molecule has 1 saturated heterocycles. The normalized spacial score (nSPS) is 14.1. The SMILES string of the molecule is C=C(C)COc1cc(N2C(=O)OC(=C(C)C)C2=O)c(F)cc1Cl. The van der Waals surface area contributed by atoms with Crippen molar-refractivity contribution in [2.24, 2.45) is 0 Å². The maximum Gasteiger partial charge on any atom is 0.427 e. The first kappa shape index (κ1) is 17.0. The Morgan fingerprint density at radius 2 is 2.00 bits per heavy atom. The zero-order chi connectivity index (χ0) is 17.3. The molecule has 0 atom stereocenters. The second-order valence-electron chi connectivity index (χ2n) is 5.32. The van der Waals surface area contributed by atoms with Crippen molar-refractivity contribution < 1.29 is 23.5 Å². The summed E-state index contributed by atoms with van der Waals surface area (Å²) in [6, 6.07) is 2.17. The third-order valence-electron chi connectivity index (χ3n) is 2.94. The first-order chi connectivity index (χ1) is 10.7. The Morgan fingerprint density at radius 1 is 1.35 bits per heavy atom. The van der Waals surface area contributed by atoms with E-state index in [0.29, 0.717) is 10.5 Å². The zero-order valence-corrected chi connectivity index (χ0v) is 13.7. The summed E-state index contributed by atoms with van der Waals surface area (Å²) >= 11 is 5.92. The highest BCUT2D eigenvalue weighted by molar-refractivity contribution is 6.32. The molecule has 1 heterocycles. The fraction of sp³-hybridized carbons (Fsp3) is 0.250. The van der Waals surface area contributed by atoms with Crippen LogP contribution < -0.4 is 9.64 Å². The molecule has 23 heavy (non-hydrogen) atoms. The molecule has 1 aliphatic rings. The number of hydrogen-bond acceptors (Lipinski definition) is 4. The van der Waals surface area contributed by atoms with Crippen molar-refractivity contribution in [1.82, 2.24) is 0 Å². The smallest absolute Gasteiger partial charge is 0.427 e. The molecule has 122 valence electrons. The number of halogens is 2. The first-order valence-electron chi connectivity index (χ1n) is 6.72. The molecule has 0 saturated carbocycles. The third-order valence-corrected chi connectivity index (χ3v) is 3.24. The van der Waals surface area contributed by atoms with Gasteiger partial charge in [-0.15, -0.1) is 0 Å². The fourth-order valence-electron chi connectivity index (χ4n) is 1.89. The van der Waals surface area contributed by atoms with Gasteiger partial charge in [0.15, 0.2) is 5.76 Å². The number of carbonyl (C=O) groups excluding carboxylic acids is 2. The van der Waals surface area contributed by atoms with Gasteiger partial charge in [0.25, 0.3) is 0 Å². The molecule has 0 N–H and O–H groups in total. The molecule has 1 fully saturated rings. The summed E-state index contributed by atoms with van der Waals surface area (Å²) in [7, 11) is 0. The number of benzene rings is 1. The van der Waals surface area contributed by atoms with Crippen molar-refractivity contribution in [3.63, 3.8) is 0 Å². The molecular formula is C16H15ClFNO4. The summed E-state index contributed by atoms with van der Waals surface area (Å²) in [6.07, 6.45) is -0.974. The summed E-state index contributed by atoms with van der Waals surface area (Å²) < 4.78 is 24.5. The molecular weight excluding hydrogens is 325 g/mol. The number of nitrogens with zero attached hydrogens (tertiary/aromatic N) is 1. The molecule has 2 rings (SSSR count). The van der Waals surface area contributed by atoms with E-state index in [1.165, 1.54) is 6.07 Å². The zero-order valence-electron chi connectivity index (χ0n) is 12.9. The van der Waals surface area contributed by atoms with Gasteiger partial charge in [0.2, 0.25) is 0 Å². The van der Waals surface area contributed by atoms with Crippen LogP contribution in [0, 0.1) is 5.82 Å². The number of rotatable bonds is 4. The van der Waals surface area contributed by atoms with Crippen molar-refractivity contribution in [1.29, 1.82) is 0 Å². The van der Waals surface area contributed by atoms with E-state index in [-0.39, 0.29) is 28.8 Å². The second-order valence-corrected chi connectivity index (χ2v) is 5.72. The van der Waals surface area contributed by atoms with Crippen LogP contribution in [0.15, 0.2) is 35.6 Å². The minimum Gasteiger partial charge on any atom is -0.488 e. The quantitative estimate of drug-likeness (QED) is 0.609. The summed E-state index contributed by atoms with van der Waals surface area (Å²) in [5.41, 5.74) is 0.965. The molecule has 1 aromatic rings. The number of amides is 2. The van der Waals surface area contributed by atoms with Crippen LogP contribution in [0.3, 0.4) is 0 Å². The standard InChI is InChI=1S/C16H15ClFNO4/c1-8(2)7-22-13-6-12(11(18)5-10(13)17)19-15(20)14(9(3)4)23-16(19)21/h5-6H,1,7H2,2-4H3. The lowest BCUT2D eigenvalue weighted by Gasteiger charge is -2.15. The number of ether oxygens (including phenoxy) is 2. The van der Waals surface area contributed by atoms with Crippen LogP contribution in [-0.2, 0) is 9.53 Å². The van der Waals surface area contributed by atoms with E-state index in [1.54, 1.807) is 20.8 Å². The highest BCUT2D eigenvalue weighted by atomic mass is 35.5. The topological polar surface area (TPSA) is 55.8 Å². The largest absolute Gasteiger partial charge is 0.488 e. The van der Waals surface area contributed by atoms with Gasteiger partial charge in [-0.2, -0.15) is 0 Å². The van der Waals surface area contributed by atoms with E-state index in [2.05, 4.69) is 6.58 Å². The van der Waals surface area contributed by atoms with Crippen molar-refractivity contribution in [2.75, 3.05) is 11.5 Å². The second kappa shape index (κ2) is 6.42. The Labute approximate surface area is 137 Å². The van der Waals surface area contributed by atoms with Crippen molar-refractivity contribution in [3.05, 3.63) is 46.5 Å². The van der Waals surface area contributed by atoms with Crippen LogP contribution in [0.25, 0.3) is 0 Å². The van der Waals surface area contributed by atoms with Crippen LogP contribution in [0.4, 0.5) is 14.9 Å². The number of imide groups is 1. The van der Waals surface area contributed by atoms with Crippen LogP contribution in [0.1, 0.15) is 20.8 Å². The number of cyclic esters (lactones) is 1. The molecule has 1 aliphatic heterocycles. The predicted octanol–water partition coefficient (Wildman–Crippen LogP) is 4.21. The molecule has 0 bridgehead atoms. The Morgan fingerprint density at radius 3 is 2.52 bits per heavy atom. The number of anilines is 1. The molecule has 0 aliphatic carbocycles. The summed E-state index contributed by atoms with van der Waals surface area (Å²) in [6.45, 7) is 8.83. The van der Waals surface area contributed by atoms with Gasteiger partial charge < -0.3 is 9.47 Å². The Kier molecular flexibility index (Phi) is 4.75. The van der Waals surface area contributed by atoms with Gasteiger partial charge in [0.05, 0.1) is 10.7 Å². The molecule has 0 aromatic heterocycles. The average molecular weight is 340 g/mol. The highest BCUT2D eigenvalue weighted by Crippen LogP contribution is 2.35. The van der Waals surface area contributed by atoms with Gasteiger partial charge in [-0.25, -0.2) is 14.1 Å². The van der Waals surface area contributed by atoms with Gasteiger partial charge in [-0.3, -0.25) is 4.79 Å². The molecule has 0 radical (unpaired) electrons. The van der Waals surface area contributed by atoms with Gasteiger partial charge in [-0.05, 0) is 38.0 Å². The number of allylic oxidation sites excluding steroid dienone is 1. The van der Waals surface area contributed by atoms with E-state index in [9.17, 15) is 14.0 Å². The maximum absolute atomic E-state index is 14.2. The predicted molar refractivity (Wildman–Crippen MR) is 84.1 cm³/mol. The van der Waals surface area contributed by atoms with E-state index in [4.69, 9.17) is 21.1 Å². The van der Waals surface area contributed by atoms with E-state index in [1.807, 2.05) is 0 Å². The van der Waals surface area contributed by atoms with E-state index >= 15 is 0 Å².